The number of nitrogens with one attached hydrogen (secondary N) is 1. The lowest BCUT2D eigenvalue weighted by Gasteiger charge is -1.80. The minimum absolute atomic E-state index is 0. The van der Waals surface area contributed by atoms with E-state index in [1.165, 1.54) is 6.33 Å². The second kappa shape index (κ2) is 2.71. The Kier molecular flexibility index (Phi) is 1.92. The summed E-state index contributed by atoms with van der Waals surface area (Å²) in [5, 5.41) is 6.52. The zero-order chi connectivity index (χ0) is 6.10. The lowest BCUT2D eigenvalue weighted by Crippen LogP contribution is -1.74. The van der Waals surface area contributed by atoms with Gasteiger partial charge in [0.1, 0.15) is 17.4 Å². The van der Waals surface area contributed by atoms with E-state index in [-0.39, 0.29) is 9.90 Å². The average Bonchev–Trinajstić information content (AvgIpc) is 2.33. The second-order valence-corrected chi connectivity index (χ2v) is 1.69. The minimum Gasteiger partial charge on any atom is -0.275 e. The van der Waals surface area contributed by atoms with E-state index in [0.29, 0.717) is 0 Å². The van der Waals surface area contributed by atoms with E-state index >= 15 is 0 Å². The molecule has 0 bridgehead atoms. The van der Waals surface area contributed by atoms with Crippen LogP contribution in [0.5, 0.6) is 0 Å². The van der Waals surface area contributed by atoms with E-state index in [2.05, 4.69) is 20.2 Å². The summed E-state index contributed by atoms with van der Waals surface area (Å²) in [4.78, 5) is 7.74. The lowest BCUT2D eigenvalue weighted by molar-refractivity contribution is 1.11. The monoisotopic (exact) mass is 154 g/mol. The molecule has 2 aromatic heterocycles. The highest BCUT2D eigenvalue weighted by molar-refractivity contribution is 6.92. The van der Waals surface area contributed by atoms with Gasteiger partial charge in [-0.25, -0.2) is 9.97 Å². The third-order valence-electron chi connectivity index (χ3n) is 1.11. The van der Waals surface area contributed by atoms with Gasteiger partial charge in [0.2, 0.25) is 0 Å². The van der Waals surface area contributed by atoms with Crippen LogP contribution < -0.4 is 0 Å². The van der Waals surface area contributed by atoms with Gasteiger partial charge >= 0.3 is 0 Å². The summed E-state index contributed by atoms with van der Waals surface area (Å²) in [5.74, 6) is 0. The van der Waals surface area contributed by atoms with Gasteiger partial charge in [-0.2, -0.15) is 15.0 Å². The van der Waals surface area contributed by atoms with Crippen LogP contribution in [0, 0.1) is 0 Å². The van der Waals surface area contributed by atoms with Crippen LogP contribution in [0.3, 0.4) is 0 Å². The van der Waals surface area contributed by atoms with Crippen molar-refractivity contribution in [1.82, 2.24) is 20.2 Å². The van der Waals surface area contributed by atoms with E-state index in [9.17, 15) is 0 Å². The Labute approximate surface area is 60.7 Å². The van der Waals surface area contributed by atoms with Crippen LogP contribution in [0.1, 0.15) is 0 Å². The van der Waals surface area contributed by atoms with Gasteiger partial charge in [0.05, 0.1) is 12.4 Å². The highest BCUT2D eigenvalue weighted by Gasteiger charge is 1.90. The van der Waals surface area contributed by atoms with Gasteiger partial charge in [-0.15, -0.1) is 0 Å². The SMILES string of the molecule is P.c1ncc2[nH]ncc2n1. The van der Waals surface area contributed by atoms with E-state index in [0.717, 1.165) is 11.0 Å². The molecule has 0 fully saturated rings. The van der Waals surface area contributed by atoms with E-state index in [1.54, 1.807) is 12.4 Å². The molecule has 2 rings (SSSR count). The van der Waals surface area contributed by atoms with Gasteiger partial charge in [-0.1, -0.05) is 0 Å². The Bertz CT molecular complexity index is 288. The summed E-state index contributed by atoms with van der Waals surface area (Å²) in [6.07, 6.45) is 4.85. The van der Waals surface area contributed by atoms with Crippen LogP contribution in [0.4, 0.5) is 0 Å². The average molecular weight is 154 g/mol. The first-order valence-corrected chi connectivity index (χ1v) is 2.56. The Morgan fingerprint density at radius 2 is 2.20 bits per heavy atom. The largest absolute Gasteiger partial charge is 0.275 e. The second-order valence-electron chi connectivity index (χ2n) is 1.69. The van der Waals surface area contributed by atoms with Crippen molar-refractivity contribution in [1.29, 1.82) is 0 Å². The fourth-order valence-electron chi connectivity index (χ4n) is 0.691. The minimum atomic E-state index is 0. The summed E-state index contributed by atoms with van der Waals surface area (Å²) >= 11 is 0. The van der Waals surface area contributed by atoms with Gasteiger partial charge in [-0.05, 0) is 0 Å². The fourth-order valence-corrected chi connectivity index (χ4v) is 0.691. The van der Waals surface area contributed by atoms with Gasteiger partial charge in [0, 0.05) is 0 Å². The Morgan fingerprint density at radius 3 is 3.00 bits per heavy atom. The highest BCUT2D eigenvalue weighted by atomic mass is 31.0. The van der Waals surface area contributed by atoms with E-state index in [1.807, 2.05) is 0 Å². The number of aromatic nitrogens is 4. The first-order chi connectivity index (χ1) is 4.47. The molecule has 0 saturated carbocycles. The number of fused-ring (bicyclic) bond motifs is 1. The summed E-state index contributed by atoms with van der Waals surface area (Å²) in [7, 11) is 0. The summed E-state index contributed by atoms with van der Waals surface area (Å²) in [5.41, 5.74) is 1.72. The number of rotatable bonds is 0. The molecular weight excluding hydrogens is 147 g/mol. The number of hydrogen-bond acceptors (Lipinski definition) is 3. The molecule has 10 heavy (non-hydrogen) atoms. The molecule has 52 valence electrons. The molecule has 2 heterocycles. The molecule has 2 aromatic rings. The number of aromatic amines is 1. The van der Waals surface area contributed by atoms with Crippen LogP contribution in [-0.4, -0.2) is 20.2 Å². The Balaban J connectivity index is 0.000000500. The van der Waals surface area contributed by atoms with Gasteiger partial charge in [0.15, 0.2) is 0 Å². The summed E-state index contributed by atoms with van der Waals surface area (Å²) in [6, 6.07) is 0. The first-order valence-electron chi connectivity index (χ1n) is 2.56. The third-order valence-corrected chi connectivity index (χ3v) is 1.11. The number of nitrogens with zero attached hydrogens (tertiary/aromatic N) is 3. The number of hydrogen-bond donors (Lipinski definition) is 1. The van der Waals surface area contributed by atoms with Crippen LogP contribution in [0.15, 0.2) is 18.7 Å². The van der Waals surface area contributed by atoms with Gasteiger partial charge in [0.25, 0.3) is 0 Å². The molecule has 0 aliphatic carbocycles. The third kappa shape index (κ3) is 0.977. The summed E-state index contributed by atoms with van der Waals surface area (Å²) < 4.78 is 0. The molecule has 0 aromatic carbocycles. The molecular formula is C5H7N4P. The van der Waals surface area contributed by atoms with Crippen molar-refractivity contribution < 1.29 is 0 Å². The molecule has 4 nitrogen and oxygen atoms in total. The molecule has 0 amide bonds. The first kappa shape index (κ1) is 7.09. The Hall–Kier alpha value is -1.02. The molecule has 1 N–H and O–H groups in total. The number of H-pyrrole nitrogens is 1. The maximum absolute atomic E-state index is 3.94. The topological polar surface area (TPSA) is 54.5 Å². The van der Waals surface area contributed by atoms with Crippen molar-refractivity contribution in [3.8, 4) is 0 Å². The maximum Gasteiger partial charge on any atom is 0.116 e. The van der Waals surface area contributed by atoms with Crippen LogP contribution in [-0.2, 0) is 0 Å². The fraction of sp³-hybridized carbons (Fsp3) is 0. The van der Waals surface area contributed by atoms with Crippen molar-refractivity contribution in [3.05, 3.63) is 18.7 Å². The quantitative estimate of drug-likeness (QED) is 0.559. The molecule has 0 aliphatic rings. The van der Waals surface area contributed by atoms with E-state index in [4.69, 9.17) is 0 Å². The van der Waals surface area contributed by atoms with Crippen molar-refractivity contribution in [2.75, 3.05) is 0 Å². The zero-order valence-electron chi connectivity index (χ0n) is 5.28. The summed E-state index contributed by atoms with van der Waals surface area (Å²) in [6.45, 7) is 0. The smallest absolute Gasteiger partial charge is 0.116 e. The molecule has 1 atom stereocenters. The van der Waals surface area contributed by atoms with Crippen molar-refractivity contribution in [2.24, 2.45) is 0 Å². The molecule has 0 spiro atoms. The zero-order valence-corrected chi connectivity index (χ0v) is 6.70. The van der Waals surface area contributed by atoms with E-state index < -0.39 is 0 Å². The predicted octanol–water partition coefficient (Wildman–Crippen LogP) is 0.411. The molecule has 0 aliphatic heterocycles. The predicted molar refractivity (Wildman–Crippen MR) is 42.8 cm³/mol. The normalized spacial score (nSPS) is 9.20. The van der Waals surface area contributed by atoms with Crippen LogP contribution in [0.2, 0.25) is 0 Å². The van der Waals surface area contributed by atoms with Crippen LogP contribution in [0.25, 0.3) is 11.0 Å². The lowest BCUT2D eigenvalue weighted by atomic mass is 10.5. The van der Waals surface area contributed by atoms with Crippen molar-refractivity contribution >= 4 is 20.9 Å². The van der Waals surface area contributed by atoms with Crippen LogP contribution >= 0.6 is 9.90 Å². The van der Waals surface area contributed by atoms with Crippen molar-refractivity contribution in [3.63, 3.8) is 0 Å². The Morgan fingerprint density at radius 1 is 1.30 bits per heavy atom. The highest BCUT2D eigenvalue weighted by Crippen LogP contribution is 2.00. The van der Waals surface area contributed by atoms with Gasteiger partial charge < -0.3 is 0 Å². The van der Waals surface area contributed by atoms with Gasteiger partial charge in [-0.3, -0.25) is 5.10 Å². The van der Waals surface area contributed by atoms with Crippen molar-refractivity contribution in [2.45, 2.75) is 0 Å². The molecule has 0 saturated heterocycles. The standard InChI is InChI=1S/C5H4N4.H3P/c1-5-4(2-8-9-5)7-3-6-1;/h1-3H,(H,8,9);1H3. The molecule has 5 heteroatoms. The molecule has 0 radical (unpaired) electrons. The maximum atomic E-state index is 3.94. The molecule has 1 unspecified atom stereocenters.